The Labute approximate surface area is 100 Å². The van der Waals surface area contributed by atoms with E-state index in [4.69, 9.17) is 4.74 Å². The summed E-state index contributed by atoms with van der Waals surface area (Å²) in [5, 5.41) is 9.89. The van der Waals surface area contributed by atoms with E-state index in [9.17, 15) is 0 Å². The summed E-state index contributed by atoms with van der Waals surface area (Å²) >= 11 is 0. The molecular formula is C12H16N4O. The van der Waals surface area contributed by atoms with E-state index >= 15 is 0 Å². The molecule has 0 saturated heterocycles. The highest BCUT2D eigenvalue weighted by Gasteiger charge is 1.97. The van der Waals surface area contributed by atoms with Crippen LogP contribution in [0.2, 0.25) is 0 Å². The second-order valence-electron chi connectivity index (χ2n) is 3.79. The van der Waals surface area contributed by atoms with E-state index < -0.39 is 0 Å². The second kappa shape index (κ2) is 6.12. The number of hydrogen-bond donors (Lipinski definition) is 2. The second-order valence-corrected chi connectivity index (χ2v) is 3.79. The van der Waals surface area contributed by atoms with Crippen LogP contribution in [-0.2, 0) is 24.4 Å². The van der Waals surface area contributed by atoms with Gasteiger partial charge < -0.3 is 10.1 Å². The van der Waals surface area contributed by atoms with Crippen molar-refractivity contribution in [1.82, 2.24) is 20.5 Å². The van der Waals surface area contributed by atoms with Gasteiger partial charge in [-0.2, -0.15) is 5.10 Å². The molecule has 0 aliphatic carbocycles. The molecule has 0 fully saturated rings. The summed E-state index contributed by atoms with van der Waals surface area (Å²) < 4.78 is 5.06. The molecule has 17 heavy (non-hydrogen) atoms. The molecule has 2 aromatic rings. The molecule has 0 saturated carbocycles. The third-order valence-electron chi connectivity index (χ3n) is 2.42. The van der Waals surface area contributed by atoms with E-state index in [-0.39, 0.29) is 0 Å². The molecule has 5 nitrogen and oxygen atoms in total. The van der Waals surface area contributed by atoms with Gasteiger partial charge in [-0.1, -0.05) is 24.3 Å². The Hall–Kier alpha value is -1.72. The molecule has 2 N–H and O–H groups in total. The van der Waals surface area contributed by atoms with Gasteiger partial charge in [0.25, 0.3) is 0 Å². The fraction of sp³-hybridized carbons (Fsp3) is 0.333. The maximum absolute atomic E-state index is 5.06. The standard InChI is InChI=1S/C12H16N4O/c1-17-8-11-4-2-10(3-5-11)6-13-7-12-14-9-15-16-12/h2-5,9,13H,6-8H2,1H3,(H,14,15,16). The van der Waals surface area contributed by atoms with Crippen molar-refractivity contribution in [2.24, 2.45) is 0 Å². The Kier molecular flexibility index (Phi) is 4.23. The van der Waals surface area contributed by atoms with Crippen molar-refractivity contribution in [1.29, 1.82) is 0 Å². The zero-order chi connectivity index (χ0) is 11.9. The number of benzene rings is 1. The quantitative estimate of drug-likeness (QED) is 0.786. The van der Waals surface area contributed by atoms with Crippen molar-refractivity contribution in [3.8, 4) is 0 Å². The van der Waals surface area contributed by atoms with Gasteiger partial charge >= 0.3 is 0 Å². The molecule has 1 aromatic carbocycles. The maximum atomic E-state index is 5.06. The molecule has 2 rings (SSSR count). The molecule has 90 valence electrons. The topological polar surface area (TPSA) is 62.8 Å². The van der Waals surface area contributed by atoms with Crippen LogP contribution in [0.15, 0.2) is 30.6 Å². The SMILES string of the molecule is COCc1ccc(CNCc2ncn[nH]2)cc1. The van der Waals surface area contributed by atoms with Crippen molar-refractivity contribution < 1.29 is 4.74 Å². The summed E-state index contributed by atoms with van der Waals surface area (Å²) in [4.78, 5) is 4.04. The first kappa shape index (κ1) is 11.8. The summed E-state index contributed by atoms with van der Waals surface area (Å²) in [7, 11) is 1.70. The first-order chi connectivity index (χ1) is 8.38. The van der Waals surface area contributed by atoms with Crippen LogP contribution in [-0.4, -0.2) is 22.3 Å². The van der Waals surface area contributed by atoms with E-state index in [2.05, 4.69) is 44.8 Å². The predicted molar refractivity (Wildman–Crippen MR) is 64.1 cm³/mol. The van der Waals surface area contributed by atoms with Crippen molar-refractivity contribution in [2.45, 2.75) is 19.7 Å². The van der Waals surface area contributed by atoms with Gasteiger partial charge in [-0.15, -0.1) is 0 Å². The zero-order valence-corrected chi connectivity index (χ0v) is 9.81. The van der Waals surface area contributed by atoms with Crippen molar-refractivity contribution in [3.05, 3.63) is 47.5 Å². The third-order valence-corrected chi connectivity index (χ3v) is 2.42. The molecule has 0 radical (unpaired) electrons. The Bertz CT molecular complexity index is 424. The molecule has 1 heterocycles. The first-order valence-corrected chi connectivity index (χ1v) is 5.50. The highest BCUT2D eigenvalue weighted by Crippen LogP contribution is 2.05. The van der Waals surface area contributed by atoms with E-state index in [0.717, 1.165) is 12.4 Å². The molecule has 0 amide bonds. The maximum Gasteiger partial charge on any atom is 0.138 e. The van der Waals surface area contributed by atoms with Crippen LogP contribution >= 0.6 is 0 Å². The van der Waals surface area contributed by atoms with Gasteiger partial charge in [0.15, 0.2) is 0 Å². The summed E-state index contributed by atoms with van der Waals surface area (Å²) in [5.41, 5.74) is 2.43. The van der Waals surface area contributed by atoms with Gasteiger partial charge in [0.05, 0.1) is 13.2 Å². The number of nitrogens with zero attached hydrogens (tertiary/aromatic N) is 2. The van der Waals surface area contributed by atoms with Crippen LogP contribution in [0.1, 0.15) is 17.0 Å². The molecular weight excluding hydrogens is 216 g/mol. The minimum Gasteiger partial charge on any atom is -0.380 e. The van der Waals surface area contributed by atoms with Crippen LogP contribution in [0.3, 0.4) is 0 Å². The fourth-order valence-electron chi connectivity index (χ4n) is 1.56. The van der Waals surface area contributed by atoms with E-state index in [1.54, 1.807) is 7.11 Å². The summed E-state index contributed by atoms with van der Waals surface area (Å²) in [5.74, 6) is 0.848. The number of rotatable bonds is 6. The Morgan fingerprint density at radius 1 is 1.18 bits per heavy atom. The highest BCUT2D eigenvalue weighted by atomic mass is 16.5. The van der Waals surface area contributed by atoms with Crippen LogP contribution in [0.5, 0.6) is 0 Å². The van der Waals surface area contributed by atoms with E-state index in [1.165, 1.54) is 17.5 Å². The van der Waals surface area contributed by atoms with Crippen LogP contribution in [0.4, 0.5) is 0 Å². The van der Waals surface area contributed by atoms with Gasteiger partial charge in [0.2, 0.25) is 0 Å². The summed E-state index contributed by atoms with van der Waals surface area (Å²) in [6.45, 7) is 2.17. The molecule has 0 spiro atoms. The van der Waals surface area contributed by atoms with E-state index in [0.29, 0.717) is 13.2 Å². The summed E-state index contributed by atoms with van der Waals surface area (Å²) in [6, 6.07) is 8.35. The van der Waals surface area contributed by atoms with Crippen LogP contribution < -0.4 is 5.32 Å². The molecule has 0 atom stereocenters. The van der Waals surface area contributed by atoms with Crippen LogP contribution in [0.25, 0.3) is 0 Å². The normalized spacial score (nSPS) is 10.6. The fourth-order valence-corrected chi connectivity index (χ4v) is 1.56. The lowest BCUT2D eigenvalue weighted by Crippen LogP contribution is -2.13. The number of H-pyrrole nitrogens is 1. The Morgan fingerprint density at radius 2 is 1.94 bits per heavy atom. The molecule has 0 aliphatic heterocycles. The third kappa shape index (κ3) is 3.65. The van der Waals surface area contributed by atoms with Crippen LogP contribution in [0, 0.1) is 0 Å². The van der Waals surface area contributed by atoms with Crippen molar-refractivity contribution in [3.63, 3.8) is 0 Å². The van der Waals surface area contributed by atoms with Gasteiger partial charge in [0, 0.05) is 13.7 Å². The lowest BCUT2D eigenvalue weighted by atomic mass is 10.1. The average molecular weight is 232 g/mol. The minimum absolute atomic E-state index is 0.659. The smallest absolute Gasteiger partial charge is 0.138 e. The predicted octanol–water partition coefficient (Wildman–Crippen LogP) is 1.24. The minimum atomic E-state index is 0.659. The van der Waals surface area contributed by atoms with Crippen molar-refractivity contribution >= 4 is 0 Å². The first-order valence-electron chi connectivity index (χ1n) is 5.50. The molecule has 0 bridgehead atoms. The number of methoxy groups -OCH3 is 1. The lowest BCUT2D eigenvalue weighted by molar-refractivity contribution is 0.185. The monoisotopic (exact) mass is 232 g/mol. The Balaban J connectivity index is 1.79. The number of ether oxygens (including phenoxy) is 1. The zero-order valence-electron chi connectivity index (χ0n) is 9.81. The molecule has 0 unspecified atom stereocenters. The molecule has 0 aliphatic rings. The Morgan fingerprint density at radius 3 is 2.59 bits per heavy atom. The molecule has 1 aromatic heterocycles. The molecule has 5 heteroatoms. The largest absolute Gasteiger partial charge is 0.380 e. The van der Waals surface area contributed by atoms with Gasteiger partial charge in [-0.05, 0) is 11.1 Å². The highest BCUT2D eigenvalue weighted by molar-refractivity contribution is 5.21. The number of hydrogen-bond acceptors (Lipinski definition) is 4. The number of aromatic nitrogens is 3. The lowest BCUT2D eigenvalue weighted by Gasteiger charge is -2.04. The number of nitrogens with one attached hydrogen (secondary N) is 2. The van der Waals surface area contributed by atoms with Gasteiger partial charge in [-0.3, -0.25) is 5.10 Å². The van der Waals surface area contributed by atoms with Gasteiger partial charge in [0.1, 0.15) is 12.2 Å². The van der Waals surface area contributed by atoms with Crippen molar-refractivity contribution in [2.75, 3.05) is 7.11 Å². The summed E-state index contributed by atoms with van der Waals surface area (Å²) in [6.07, 6.45) is 1.51. The average Bonchev–Trinajstić information content (AvgIpc) is 2.85. The van der Waals surface area contributed by atoms with E-state index in [1.807, 2.05) is 0 Å². The van der Waals surface area contributed by atoms with Gasteiger partial charge in [-0.25, -0.2) is 4.98 Å². The number of aromatic amines is 1.